The maximum absolute atomic E-state index is 12.5. The van der Waals surface area contributed by atoms with E-state index in [4.69, 9.17) is 0 Å². The van der Waals surface area contributed by atoms with Crippen LogP contribution in [0, 0.1) is 3.70 Å². The summed E-state index contributed by atoms with van der Waals surface area (Å²) in [6, 6.07) is 0.723. The van der Waals surface area contributed by atoms with E-state index in [-0.39, 0.29) is 0 Å². The number of nitrogens with two attached hydrogens (primary N) is 1. The summed E-state index contributed by atoms with van der Waals surface area (Å²) in [5, 5.41) is 4.66. The topological polar surface area (TPSA) is 73.1 Å². The zero-order valence-corrected chi connectivity index (χ0v) is 9.89. The molecule has 0 amide bonds. The fourth-order valence-electron chi connectivity index (χ4n) is 0.914. The van der Waals surface area contributed by atoms with Crippen LogP contribution in [0.1, 0.15) is 5.56 Å². The van der Waals surface area contributed by atoms with Gasteiger partial charge in [-0.3, -0.25) is 0 Å². The molecule has 1 aromatic rings. The van der Waals surface area contributed by atoms with Crippen molar-refractivity contribution in [1.82, 2.24) is 4.98 Å². The molecular formula is C6H4F3IN2O2S. The number of aromatic nitrogens is 1. The molecule has 0 aliphatic carbocycles. The first-order valence-corrected chi connectivity index (χ1v) is 6.01. The minimum absolute atomic E-state index is 0.452. The molecule has 0 aromatic carbocycles. The summed E-state index contributed by atoms with van der Waals surface area (Å²) in [4.78, 5) is 2.40. The lowest BCUT2D eigenvalue weighted by Crippen LogP contribution is -2.20. The predicted octanol–water partition coefficient (Wildman–Crippen LogP) is 1.35. The van der Waals surface area contributed by atoms with Crippen LogP contribution in [-0.2, 0) is 16.2 Å². The Morgan fingerprint density at radius 2 is 1.93 bits per heavy atom. The average Bonchev–Trinajstić information content (AvgIpc) is 1.99. The van der Waals surface area contributed by atoms with Gasteiger partial charge in [-0.2, -0.15) is 13.2 Å². The summed E-state index contributed by atoms with van der Waals surface area (Å²) in [5.41, 5.74) is -1.33. The molecule has 0 saturated carbocycles. The minimum Gasteiger partial charge on any atom is -0.250 e. The van der Waals surface area contributed by atoms with Crippen molar-refractivity contribution >= 4 is 32.6 Å². The summed E-state index contributed by atoms with van der Waals surface area (Å²) in [7, 11) is -4.40. The van der Waals surface area contributed by atoms with Gasteiger partial charge < -0.3 is 0 Å². The van der Waals surface area contributed by atoms with E-state index in [1.54, 1.807) is 0 Å². The number of halogens is 4. The molecule has 0 radical (unpaired) electrons. The Bertz CT molecular complexity index is 486. The second-order valence-electron chi connectivity index (χ2n) is 2.52. The third kappa shape index (κ3) is 2.78. The Hall–Kier alpha value is -0.420. The van der Waals surface area contributed by atoms with Crippen molar-refractivity contribution in [3.05, 3.63) is 21.5 Å². The van der Waals surface area contributed by atoms with E-state index in [0.29, 0.717) is 0 Å². The van der Waals surface area contributed by atoms with Crippen LogP contribution in [0.25, 0.3) is 0 Å². The van der Waals surface area contributed by atoms with Crippen LogP contribution in [0.15, 0.2) is 17.2 Å². The first kappa shape index (κ1) is 12.6. The Morgan fingerprint density at radius 3 is 2.27 bits per heavy atom. The molecule has 0 unspecified atom stereocenters. The summed E-state index contributed by atoms with van der Waals surface area (Å²) < 4.78 is 58.8. The Labute approximate surface area is 96.9 Å². The Morgan fingerprint density at radius 1 is 1.40 bits per heavy atom. The van der Waals surface area contributed by atoms with Gasteiger partial charge in [-0.05, 0) is 28.7 Å². The van der Waals surface area contributed by atoms with Crippen LogP contribution >= 0.6 is 22.6 Å². The number of primary sulfonamides is 1. The van der Waals surface area contributed by atoms with Crippen molar-refractivity contribution in [3.8, 4) is 0 Å². The quantitative estimate of drug-likeness (QED) is 0.613. The largest absolute Gasteiger partial charge is 0.420 e. The fourth-order valence-corrected chi connectivity index (χ4v) is 2.60. The van der Waals surface area contributed by atoms with E-state index in [2.05, 4.69) is 10.1 Å². The van der Waals surface area contributed by atoms with Crippen molar-refractivity contribution in [3.63, 3.8) is 0 Å². The molecule has 2 N–H and O–H groups in total. The van der Waals surface area contributed by atoms with Crippen LogP contribution in [0.2, 0.25) is 0 Å². The van der Waals surface area contributed by atoms with Gasteiger partial charge >= 0.3 is 6.18 Å². The summed E-state index contributed by atoms with van der Waals surface area (Å²) in [6.07, 6.45) is -3.84. The molecule has 15 heavy (non-hydrogen) atoms. The predicted molar refractivity (Wildman–Crippen MR) is 53.3 cm³/mol. The molecule has 0 fully saturated rings. The molecule has 0 bridgehead atoms. The summed E-state index contributed by atoms with van der Waals surface area (Å²) in [5.74, 6) is 0. The number of rotatable bonds is 1. The number of sulfonamides is 1. The number of hydrogen-bond donors (Lipinski definition) is 1. The number of hydrogen-bond acceptors (Lipinski definition) is 3. The normalized spacial score (nSPS) is 12.9. The molecule has 1 heterocycles. The van der Waals surface area contributed by atoms with Crippen molar-refractivity contribution in [2.45, 2.75) is 11.1 Å². The lowest BCUT2D eigenvalue weighted by molar-refractivity contribution is -0.140. The van der Waals surface area contributed by atoms with E-state index in [9.17, 15) is 21.6 Å². The standard InChI is InChI=1S/C6H4F3IN2O2S/c7-6(8,9)4-3(15(11,13)14)1-2-12-5(4)10/h1-2H,(H2,11,13,14). The van der Waals surface area contributed by atoms with Gasteiger partial charge in [-0.1, -0.05) is 0 Å². The number of pyridine rings is 1. The maximum Gasteiger partial charge on any atom is 0.420 e. The summed E-state index contributed by atoms with van der Waals surface area (Å²) >= 11 is 1.30. The minimum atomic E-state index is -4.80. The molecule has 1 aromatic heterocycles. The van der Waals surface area contributed by atoms with Gasteiger partial charge in [0, 0.05) is 6.20 Å². The van der Waals surface area contributed by atoms with E-state index in [0.717, 1.165) is 12.3 Å². The first-order valence-electron chi connectivity index (χ1n) is 3.38. The molecule has 0 aliphatic rings. The highest BCUT2D eigenvalue weighted by atomic mass is 127. The van der Waals surface area contributed by atoms with Gasteiger partial charge in [0.1, 0.15) is 9.26 Å². The van der Waals surface area contributed by atoms with Gasteiger partial charge in [0.2, 0.25) is 10.0 Å². The highest BCUT2D eigenvalue weighted by Gasteiger charge is 2.39. The Balaban J connectivity index is 3.63. The highest BCUT2D eigenvalue weighted by molar-refractivity contribution is 14.1. The van der Waals surface area contributed by atoms with Gasteiger partial charge in [0.25, 0.3) is 0 Å². The van der Waals surface area contributed by atoms with Gasteiger partial charge in [-0.25, -0.2) is 18.5 Å². The van der Waals surface area contributed by atoms with Gasteiger partial charge in [-0.15, -0.1) is 0 Å². The Kier molecular flexibility index (Phi) is 3.26. The van der Waals surface area contributed by atoms with Crippen molar-refractivity contribution in [2.75, 3.05) is 0 Å². The van der Waals surface area contributed by atoms with Crippen molar-refractivity contribution < 1.29 is 21.6 Å². The molecule has 0 atom stereocenters. The molecule has 0 aliphatic heterocycles. The van der Waals surface area contributed by atoms with Crippen molar-refractivity contribution in [1.29, 1.82) is 0 Å². The third-order valence-corrected chi connectivity index (χ3v) is 3.23. The molecule has 0 spiro atoms. The van der Waals surface area contributed by atoms with Crippen LogP contribution in [0.4, 0.5) is 13.2 Å². The van der Waals surface area contributed by atoms with E-state index < -0.39 is 30.4 Å². The SMILES string of the molecule is NS(=O)(=O)c1ccnc(I)c1C(F)(F)F. The molecule has 1 rings (SSSR count). The maximum atomic E-state index is 12.5. The number of nitrogens with zero attached hydrogens (tertiary/aromatic N) is 1. The lowest BCUT2D eigenvalue weighted by Gasteiger charge is -2.11. The molecular weight excluding hydrogens is 348 g/mol. The highest BCUT2D eigenvalue weighted by Crippen LogP contribution is 2.35. The van der Waals surface area contributed by atoms with Crippen molar-refractivity contribution in [2.24, 2.45) is 5.14 Å². The zero-order valence-electron chi connectivity index (χ0n) is 6.92. The second kappa shape index (κ2) is 3.87. The first-order chi connectivity index (χ1) is 6.64. The summed E-state index contributed by atoms with van der Waals surface area (Å²) in [6.45, 7) is 0. The van der Waals surface area contributed by atoms with Crippen LogP contribution < -0.4 is 5.14 Å². The van der Waals surface area contributed by atoms with E-state index >= 15 is 0 Å². The monoisotopic (exact) mass is 352 g/mol. The van der Waals surface area contributed by atoms with E-state index in [1.807, 2.05) is 0 Å². The van der Waals surface area contributed by atoms with Crippen LogP contribution in [0.3, 0.4) is 0 Å². The van der Waals surface area contributed by atoms with Crippen LogP contribution in [-0.4, -0.2) is 13.4 Å². The third-order valence-electron chi connectivity index (χ3n) is 1.46. The molecule has 4 nitrogen and oxygen atoms in total. The second-order valence-corrected chi connectivity index (χ2v) is 5.07. The van der Waals surface area contributed by atoms with Gasteiger partial charge in [0.15, 0.2) is 0 Å². The fraction of sp³-hybridized carbons (Fsp3) is 0.167. The lowest BCUT2D eigenvalue weighted by atomic mass is 10.3. The van der Waals surface area contributed by atoms with Crippen LogP contribution in [0.5, 0.6) is 0 Å². The average molecular weight is 352 g/mol. The molecule has 9 heteroatoms. The molecule has 0 saturated heterocycles. The molecule has 84 valence electrons. The van der Waals surface area contributed by atoms with Gasteiger partial charge in [0.05, 0.1) is 4.90 Å². The zero-order chi connectivity index (χ0) is 11.9. The number of alkyl halides is 3. The smallest absolute Gasteiger partial charge is 0.250 e. The van der Waals surface area contributed by atoms with E-state index in [1.165, 1.54) is 22.6 Å².